The smallest absolute Gasteiger partial charge is 0.407 e. The van der Waals surface area contributed by atoms with Crippen molar-refractivity contribution in [3.05, 3.63) is 120 Å². The van der Waals surface area contributed by atoms with Crippen molar-refractivity contribution in [3.63, 3.8) is 0 Å². The van der Waals surface area contributed by atoms with E-state index >= 15 is 0 Å². The van der Waals surface area contributed by atoms with Crippen molar-refractivity contribution < 1.29 is 66.5 Å². The van der Waals surface area contributed by atoms with Crippen molar-refractivity contribution in [3.8, 4) is 11.5 Å². The van der Waals surface area contributed by atoms with E-state index < -0.39 is 46.5 Å². The summed E-state index contributed by atoms with van der Waals surface area (Å²) in [4.78, 5) is 49.3. The molecule has 2 atom stereocenters. The minimum Gasteiger partial charge on any atom is -0.493 e. The predicted molar refractivity (Wildman–Crippen MR) is 349 cm³/mol. The molecular formula is C72H112N2O14. The van der Waals surface area contributed by atoms with Gasteiger partial charge >= 0.3 is 24.1 Å². The van der Waals surface area contributed by atoms with Crippen molar-refractivity contribution in [1.29, 1.82) is 0 Å². The Bertz CT molecular complexity index is 2450. The lowest BCUT2D eigenvalue weighted by Crippen LogP contribution is -2.46. The third-order valence-electron chi connectivity index (χ3n) is 17.3. The normalized spacial score (nSPS) is 13.4. The van der Waals surface area contributed by atoms with E-state index in [9.17, 15) is 19.2 Å². The maximum atomic E-state index is 12.9. The highest BCUT2D eigenvalue weighted by Crippen LogP contribution is 2.43. The first kappa shape index (κ1) is 76.3. The van der Waals surface area contributed by atoms with E-state index in [-0.39, 0.29) is 60.2 Å². The molecule has 494 valence electrons. The first-order valence-electron chi connectivity index (χ1n) is 31.5. The number of hydrogen-bond acceptors (Lipinski definition) is 14. The lowest BCUT2D eigenvalue weighted by atomic mass is 9.73. The number of benzene rings is 3. The molecule has 16 heteroatoms. The Morgan fingerprint density at radius 3 is 1.12 bits per heavy atom. The zero-order chi connectivity index (χ0) is 66.0. The zero-order valence-electron chi connectivity index (χ0n) is 57.1. The van der Waals surface area contributed by atoms with Gasteiger partial charge in [0.1, 0.15) is 35.9 Å². The highest BCUT2D eigenvalue weighted by molar-refractivity contribution is 5.87. The molecule has 0 saturated carbocycles. The molecule has 2 unspecified atom stereocenters. The molecule has 0 saturated heterocycles. The lowest BCUT2D eigenvalue weighted by Gasteiger charge is -2.44. The molecule has 0 aliphatic heterocycles. The number of hydrogen-bond donors (Lipinski definition) is 2. The van der Waals surface area contributed by atoms with Crippen molar-refractivity contribution in [1.82, 2.24) is 10.6 Å². The number of carbonyl (C=O) groups is 4. The summed E-state index contributed by atoms with van der Waals surface area (Å²) in [6.07, 6.45) is 5.76. The fourth-order valence-electron chi connectivity index (χ4n) is 9.54. The Balaban J connectivity index is 1.38. The Morgan fingerprint density at radius 2 is 0.784 bits per heavy atom. The average Bonchev–Trinajstić information content (AvgIpc) is 2.81. The van der Waals surface area contributed by atoms with Gasteiger partial charge in [0.05, 0.1) is 61.9 Å². The van der Waals surface area contributed by atoms with Crippen molar-refractivity contribution >= 4 is 24.1 Å². The predicted octanol–water partition coefficient (Wildman–Crippen LogP) is 15.6. The van der Waals surface area contributed by atoms with Crippen LogP contribution in [0.1, 0.15) is 199 Å². The molecule has 0 bridgehead atoms. The van der Waals surface area contributed by atoms with E-state index in [1.807, 2.05) is 113 Å². The van der Waals surface area contributed by atoms with Crippen molar-refractivity contribution in [2.75, 3.05) is 65.9 Å². The molecule has 3 rings (SSSR count). The monoisotopic (exact) mass is 1230 g/mol. The van der Waals surface area contributed by atoms with Crippen LogP contribution in [0.15, 0.2) is 109 Å². The number of carbonyl (C=O) groups excluding carboxylic acids is 4. The molecule has 3 aromatic carbocycles. The fraction of sp³-hybridized carbons (Fsp3) is 0.639. The van der Waals surface area contributed by atoms with Crippen molar-refractivity contribution in [2.24, 2.45) is 10.8 Å². The van der Waals surface area contributed by atoms with Crippen LogP contribution in [0, 0.1) is 10.8 Å². The number of amides is 2. The summed E-state index contributed by atoms with van der Waals surface area (Å²) < 4.78 is 61.0. The van der Waals surface area contributed by atoms with Crippen LogP contribution in [0.25, 0.3) is 0 Å². The molecule has 0 aliphatic rings. The van der Waals surface area contributed by atoms with Gasteiger partial charge in [0.2, 0.25) is 0 Å². The van der Waals surface area contributed by atoms with Crippen LogP contribution in [-0.2, 0) is 47.5 Å². The molecule has 88 heavy (non-hydrogen) atoms. The van der Waals surface area contributed by atoms with E-state index in [4.69, 9.17) is 47.4 Å². The third kappa shape index (κ3) is 27.0. The highest BCUT2D eigenvalue weighted by atomic mass is 16.6. The second kappa shape index (κ2) is 34.9. The second-order valence-electron chi connectivity index (χ2n) is 27.8. The number of esters is 2. The van der Waals surface area contributed by atoms with E-state index in [1.165, 1.54) is 0 Å². The van der Waals surface area contributed by atoms with E-state index in [1.54, 1.807) is 13.8 Å². The van der Waals surface area contributed by atoms with Crippen LogP contribution in [0.3, 0.4) is 0 Å². The molecule has 0 aliphatic carbocycles. The van der Waals surface area contributed by atoms with Crippen LogP contribution in [-0.4, -0.2) is 124 Å². The summed E-state index contributed by atoms with van der Waals surface area (Å²) in [5, 5.41) is 5.37. The Labute approximate surface area is 529 Å². The largest absolute Gasteiger partial charge is 0.493 e. The second-order valence-corrected chi connectivity index (χ2v) is 27.8. The molecule has 0 aromatic heterocycles. The summed E-state index contributed by atoms with van der Waals surface area (Å²) in [6, 6.07) is 27.7. The van der Waals surface area contributed by atoms with E-state index in [0.717, 1.165) is 61.2 Å². The maximum absolute atomic E-state index is 12.9. The van der Waals surface area contributed by atoms with Gasteiger partial charge in [0.15, 0.2) is 0 Å². The average molecular weight is 1230 g/mol. The standard InChI is InChI=1S/C72H112N2O14/c1-53(2)61(75)81-48-42-73-63(77)87-69(13,14)59(55-32-23-21-24-33-55)51-85-71(17,18)65(5,6)38-27-29-44-83-67(9,10)40-46-79-57-36-31-37-58(50-57)80-47-41-68(11,12)84-45-30-28-39-66(7,8)72(19,20)86-52-60(56-34-25-22-26-35-56)70(15,16)88-64(78)74-43-49-82-62(76)54(3)4/h21-26,31-37,50,59-60H,1,3,27-30,38-49,51-52H2,2,4-20H3,(H,73,77)(H,74,78). The Morgan fingerprint density at radius 1 is 0.432 bits per heavy atom. The number of nitrogens with one attached hydrogen (secondary N) is 2. The van der Waals surface area contributed by atoms with Crippen molar-refractivity contribution in [2.45, 2.75) is 221 Å². The molecule has 0 radical (unpaired) electrons. The van der Waals surface area contributed by atoms with E-state index in [2.05, 4.69) is 107 Å². The lowest BCUT2D eigenvalue weighted by molar-refractivity contribution is -0.139. The van der Waals surface area contributed by atoms with Gasteiger partial charge in [-0.25, -0.2) is 19.2 Å². The van der Waals surface area contributed by atoms with Crippen LogP contribution in [0.5, 0.6) is 11.5 Å². The molecule has 0 heterocycles. The Hall–Kier alpha value is -5.94. The van der Waals surface area contributed by atoms with Gasteiger partial charge in [0.25, 0.3) is 0 Å². The molecular weight excluding hydrogens is 1120 g/mol. The van der Waals surface area contributed by atoms with E-state index in [0.29, 0.717) is 63.6 Å². The molecule has 0 spiro atoms. The first-order chi connectivity index (χ1) is 40.9. The van der Waals surface area contributed by atoms with Crippen LogP contribution in [0.4, 0.5) is 9.59 Å². The number of ether oxygens (including phenoxy) is 10. The molecule has 3 aromatic rings. The van der Waals surface area contributed by atoms with Crippen LogP contribution in [0.2, 0.25) is 0 Å². The number of alkyl carbamates (subject to hydrolysis) is 2. The number of unbranched alkanes of at least 4 members (excludes halogenated alkanes) is 2. The maximum Gasteiger partial charge on any atom is 0.407 e. The van der Waals surface area contributed by atoms with Gasteiger partial charge in [-0.15, -0.1) is 0 Å². The summed E-state index contributed by atoms with van der Waals surface area (Å²) >= 11 is 0. The van der Waals surface area contributed by atoms with Gasteiger partial charge in [-0.2, -0.15) is 0 Å². The molecule has 2 amide bonds. The molecule has 0 fully saturated rings. The summed E-state index contributed by atoms with van der Waals surface area (Å²) in [6.45, 7) is 46.8. The van der Waals surface area contributed by atoms with Gasteiger partial charge < -0.3 is 58.0 Å². The summed E-state index contributed by atoms with van der Waals surface area (Å²) in [5.74, 6) is -0.0717. The summed E-state index contributed by atoms with van der Waals surface area (Å²) in [5.41, 5.74) is -1.46. The van der Waals surface area contributed by atoms with Crippen LogP contribution < -0.4 is 20.1 Å². The van der Waals surface area contributed by atoms with Gasteiger partial charge in [-0.1, -0.05) is 120 Å². The third-order valence-corrected chi connectivity index (χ3v) is 17.3. The minimum atomic E-state index is -0.934. The Kier molecular flexibility index (Phi) is 30.2. The van der Waals surface area contributed by atoms with Crippen LogP contribution >= 0.6 is 0 Å². The van der Waals surface area contributed by atoms with Gasteiger partial charge in [0, 0.05) is 55.1 Å². The zero-order valence-corrected chi connectivity index (χ0v) is 57.1. The summed E-state index contributed by atoms with van der Waals surface area (Å²) in [7, 11) is 0. The SMILES string of the molecule is C=C(C)C(=O)OCCNC(=O)OC(C)(C)C(COC(C)(C)C(C)(C)CCCCOC(C)(C)CCOc1cccc(OCCC(C)(C)OCCCCC(C)(C)C(C)(C)OCC(c2ccccc2)C(C)(C)OC(=O)NCCOC(=O)C(=C)C)c1)c1ccccc1. The topological polar surface area (TPSA) is 185 Å². The quantitative estimate of drug-likeness (QED) is 0.0236. The van der Waals surface area contributed by atoms with Gasteiger partial charge in [-0.3, -0.25) is 0 Å². The van der Waals surface area contributed by atoms with Gasteiger partial charge in [-0.05, 0) is 157 Å². The highest BCUT2D eigenvalue weighted by Gasteiger charge is 2.43. The number of rotatable bonds is 42. The fourth-order valence-corrected chi connectivity index (χ4v) is 9.54. The molecule has 2 N–H and O–H groups in total. The first-order valence-corrected chi connectivity index (χ1v) is 31.5. The molecule has 16 nitrogen and oxygen atoms in total. The minimum absolute atomic E-state index is 0.00984.